The summed E-state index contributed by atoms with van der Waals surface area (Å²) in [7, 11) is 0. The van der Waals surface area contributed by atoms with Gasteiger partial charge in [0.2, 0.25) is 0 Å². The molecule has 0 amide bonds. The maximum Gasteiger partial charge on any atom is 0.181 e. The molecule has 0 aromatic heterocycles. The van der Waals surface area contributed by atoms with Crippen molar-refractivity contribution in [1.82, 2.24) is 0 Å². The Bertz CT molecular complexity index is 345. The lowest BCUT2D eigenvalue weighted by Gasteiger charge is -2.04. The second kappa shape index (κ2) is 5.17. The Morgan fingerprint density at radius 2 is 2.07 bits per heavy atom. The van der Waals surface area contributed by atoms with E-state index in [9.17, 15) is 4.79 Å². The van der Waals surface area contributed by atoms with Crippen LogP contribution in [0, 0.1) is 0 Å². The van der Waals surface area contributed by atoms with Crippen LogP contribution in [-0.2, 0) is 17.6 Å². The lowest BCUT2D eigenvalue weighted by Crippen LogP contribution is -2.05. The highest BCUT2D eigenvalue weighted by Gasteiger charge is 2.04. The number of carbonyl (C=O) groups is 1. The fourth-order valence-electron chi connectivity index (χ4n) is 1.37. The first-order valence-electron chi connectivity index (χ1n) is 4.55. The third-order valence-corrected chi connectivity index (χ3v) is 2.07. The summed E-state index contributed by atoms with van der Waals surface area (Å²) in [6, 6.07) is 7.77. The van der Waals surface area contributed by atoms with Crippen LogP contribution in [0.1, 0.15) is 18.1 Å². The minimum absolute atomic E-state index is 0.187. The second-order valence-electron chi connectivity index (χ2n) is 3.01. The van der Waals surface area contributed by atoms with Crippen LogP contribution in [0.3, 0.4) is 0 Å². The standard InChI is InChI=1S/C11H13NO2/c1-2-9-5-3-4-6-10(9)7-11(13)8-12-14/h3-6,8,14H,2,7H2,1H3/b12-8+. The molecule has 1 aromatic rings. The van der Waals surface area contributed by atoms with Crippen LogP contribution in [0.4, 0.5) is 0 Å². The summed E-state index contributed by atoms with van der Waals surface area (Å²) in [5.74, 6) is -0.187. The van der Waals surface area contributed by atoms with Crippen LogP contribution in [-0.4, -0.2) is 17.2 Å². The van der Waals surface area contributed by atoms with Gasteiger partial charge in [0.05, 0.1) is 0 Å². The zero-order valence-corrected chi connectivity index (χ0v) is 8.10. The summed E-state index contributed by atoms with van der Waals surface area (Å²) >= 11 is 0. The number of rotatable bonds is 4. The molecule has 0 radical (unpaired) electrons. The minimum Gasteiger partial charge on any atom is -0.411 e. The van der Waals surface area contributed by atoms with Gasteiger partial charge in [0.25, 0.3) is 0 Å². The molecule has 14 heavy (non-hydrogen) atoms. The van der Waals surface area contributed by atoms with Gasteiger partial charge in [-0.2, -0.15) is 0 Å². The van der Waals surface area contributed by atoms with Gasteiger partial charge in [-0.15, -0.1) is 0 Å². The van der Waals surface area contributed by atoms with Gasteiger partial charge in [0, 0.05) is 6.42 Å². The number of benzene rings is 1. The molecule has 0 spiro atoms. The zero-order valence-electron chi connectivity index (χ0n) is 8.10. The van der Waals surface area contributed by atoms with Crippen molar-refractivity contribution in [1.29, 1.82) is 0 Å². The van der Waals surface area contributed by atoms with Crippen LogP contribution in [0.15, 0.2) is 29.4 Å². The SMILES string of the molecule is CCc1ccccc1CC(=O)/C=N/O. The summed E-state index contributed by atoms with van der Waals surface area (Å²) in [6.45, 7) is 2.05. The number of oxime groups is 1. The van der Waals surface area contributed by atoms with Gasteiger partial charge in [0.15, 0.2) is 5.78 Å². The Kier molecular flexibility index (Phi) is 3.85. The largest absolute Gasteiger partial charge is 0.411 e. The third kappa shape index (κ3) is 2.69. The van der Waals surface area contributed by atoms with Crippen molar-refractivity contribution in [3.05, 3.63) is 35.4 Å². The molecule has 0 atom stereocenters. The molecule has 0 aliphatic rings. The highest BCUT2D eigenvalue weighted by atomic mass is 16.4. The number of carbonyl (C=O) groups excluding carboxylic acids is 1. The summed E-state index contributed by atoms with van der Waals surface area (Å²) < 4.78 is 0. The molecule has 0 aliphatic heterocycles. The molecule has 74 valence electrons. The van der Waals surface area contributed by atoms with Crippen molar-refractivity contribution in [2.45, 2.75) is 19.8 Å². The lowest BCUT2D eigenvalue weighted by molar-refractivity contribution is -0.112. The normalized spacial score (nSPS) is 10.6. The smallest absolute Gasteiger partial charge is 0.181 e. The van der Waals surface area contributed by atoms with Gasteiger partial charge >= 0.3 is 0 Å². The molecule has 1 N–H and O–H groups in total. The number of aryl methyl sites for hydroxylation is 1. The fraction of sp³-hybridized carbons (Fsp3) is 0.273. The van der Waals surface area contributed by atoms with E-state index in [2.05, 4.69) is 5.16 Å². The molecule has 0 aliphatic carbocycles. The molecule has 0 fully saturated rings. The number of nitrogens with zero attached hydrogens (tertiary/aromatic N) is 1. The molecular formula is C11H13NO2. The molecule has 3 nitrogen and oxygen atoms in total. The van der Waals surface area contributed by atoms with Crippen LogP contribution < -0.4 is 0 Å². The van der Waals surface area contributed by atoms with Crippen molar-refractivity contribution < 1.29 is 10.0 Å². The molecule has 1 aromatic carbocycles. The first-order valence-corrected chi connectivity index (χ1v) is 4.55. The van der Waals surface area contributed by atoms with Crippen molar-refractivity contribution in [2.24, 2.45) is 5.16 Å². The van der Waals surface area contributed by atoms with E-state index in [-0.39, 0.29) is 5.78 Å². The Balaban J connectivity index is 2.80. The Morgan fingerprint density at radius 3 is 2.64 bits per heavy atom. The molecular weight excluding hydrogens is 178 g/mol. The van der Waals surface area contributed by atoms with Gasteiger partial charge < -0.3 is 5.21 Å². The van der Waals surface area contributed by atoms with Crippen molar-refractivity contribution >= 4 is 12.0 Å². The first-order chi connectivity index (χ1) is 6.77. The first kappa shape index (κ1) is 10.4. The Hall–Kier alpha value is -1.64. The van der Waals surface area contributed by atoms with Gasteiger partial charge in [0.1, 0.15) is 6.21 Å². The summed E-state index contributed by atoms with van der Waals surface area (Å²) in [4.78, 5) is 11.2. The number of hydrogen-bond acceptors (Lipinski definition) is 3. The molecule has 0 saturated heterocycles. The zero-order chi connectivity index (χ0) is 10.4. The van der Waals surface area contributed by atoms with Crippen molar-refractivity contribution in [2.75, 3.05) is 0 Å². The maximum absolute atomic E-state index is 11.2. The van der Waals surface area contributed by atoms with E-state index in [1.807, 2.05) is 31.2 Å². The number of hydrogen-bond donors (Lipinski definition) is 1. The predicted molar refractivity (Wildman–Crippen MR) is 54.8 cm³/mol. The molecule has 0 unspecified atom stereocenters. The van der Waals surface area contributed by atoms with E-state index < -0.39 is 0 Å². The van der Waals surface area contributed by atoms with E-state index >= 15 is 0 Å². The molecule has 0 heterocycles. The fourth-order valence-corrected chi connectivity index (χ4v) is 1.37. The van der Waals surface area contributed by atoms with Crippen LogP contribution >= 0.6 is 0 Å². The monoisotopic (exact) mass is 191 g/mol. The maximum atomic E-state index is 11.2. The molecule has 3 heteroatoms. The van der Waals surface area contributed by atoms with E-state index in [4.69, 9.17) is 5.21 Å². The number of ketones is 1. The van der Waals surface area contributed by atoms with Crippen LogP contribution in [0.2, 0.25) is 0 Å². The van der Waals surface area contributed by atoms with E-state index in [0.717, 1.165) is 23.8 Å². The summed E-state index contributed by atoms with van der Waals surface area (Å²) in [5.41, 5.74) is 2.16. The van der Waals surface area contributed by atoms with Gasteiger partial charge in [-0.05, 0) is 17.5 Å². The van der Waals surface area contributed by atoms with Gasteiger partial charge in [-0.3, -0.25) is 4.79 Å². The third-order valence-electron chi connectivity index (χ3n) is 2.07. The van der Waals surface area contributed by atoms with E-state index in [1.165, 1.54) is 0 Å². The van der Waals surface area contributed by atoms with E-state index in [0.29, 0.717) is 6.42 Å². The second-order valence-corrected chi connectivity index (χ2v) is 3.01. The molecule has 0 saturated carbocycles. The lowest BCUT2D eigenvalue weighted by atomic mass is 10.0. The average Bonchev–Trinajstić information content (AvgIpc) is 2.19. The predicted octanol–water partition coefficient (Wildman–Crippen LogP) is 1.82. The molecule has 0 bridgehead atoms. The average molecular weight is 191 g/mol. The van der Waals surface area contributed by atoms with Crippen LogP contribution in [0.5, 0.6) is 0 Å². The van der Waals surface area contributed by atoms with Crippen LogP contribution in [0.25, 0.3) is 0 Å². The van der Waals surface area contributed by atoms with E-state index in [1.54, 1.807) is 0 Å². The Morgan fingerprint density at radius 1 is 1.43 bits per heavy atom. The van der Waals surface area contributed by atoms with Crippen molar-refractivity contribution in [3.63, 3.8) is 0 Å². The highest BCUT2D eigenvalue weighted by molar-refractivity contribution is 6.27. The summed E-state index contributed by atoms with van der Waals surface area (Å²) in [5, 5.41) is 10.9. The number of Topliss-reactive ketones (excluding diaryl/α,β-unsaturated/α-hetero) is 1. The molecule has 1 rings (SSSR count). The van der Waals surface area contributed by atoms with Gasteiger partial charge in [-0.25, -0.2) is 0 Å². The highest BCUT2D eigenvalue weighted by Crippen LogP contribution is 2.09. The van der Waals surface area contributed by atoms with Crippen molar-refractivity contribution in [3.8, 4) is 0 Å². The summed E-state index contributed by atoms with van der Waals surface area (Å²) in [6.07, 6.45) is 2.14. The topological polar surface area (TPSA) is 49.7 Å². The Labute approximate surface area is 83.1 Å². The quantitative estimate of drug-likeness (QED) is 0.448. The van der Waals surface area contributed by atoms with Gasteiger partial charge in [-0.1, -0.05) is 36.3 Å². The minimum atomic E-state index is -0.187.